The van der Waals surface area contributed by atoms with E-state index in [4.69, 9.17) is 0 Å². The largest absolute Gasteiger partial charge is 0.305 e. The summed E-state index contributed by atoms with van der Waals surface area (Å²) in [5, 5.41) is 0. The minimum absolute atomic E-state index is 1.17. The fourth-order valence-electron chi connectivity index (χ4n) is 4.16. The second-order valence-electron chi connectivity index (χ2n) is 11.1. The van der Waals surface area contributed by atoms with Gasteiger partial charge in [-0.3, -0.25) is 0 Å². The van der Waals surface area contributed by atoms with Crippen LogP contribution < -0.4 is 0 Å². The van der Waals surface area contributed by atoms with Crippen molar-refractivity contribution in [3.8, 4) is 0 Å². The summed E-state index contributed by atoms with van der Waals surface area (Å²) < 4.78 is 0. The molecule has 2 aliphatic rings. The van der Waals surface area contributed by atoms with Gasteiger partial charge in [0.2, 0.25) is 0 Å². The zero-order valence-electron chi connectivity index (χ0n) is 24.3. The highest BCUT2D eigenvalue weighted by Gasteiger charge is 2.09. The van der Waals surface area contributed by atoms with E-state index >= 15 is 0 Å². The molecule has 0 N–H and O–H groups in total. The maximum Gasteiger partial charge on any atom is 0.0107 e. The lowest BCUT2D eigenvalue weighted by Crippen LogP contribution is -2.42. The quantitative estimate of drug-likeness (QED) is 0.482. The lowest BCUT2D eigenvalue weighted by Gasteiger charge is -2.28. The van der Waals surface area contributed by atoms with Gasteiger partial charge in [0.15, 0.2) is 0 Å². The van der Waals surface area contributed by atoms with Crippen LogP contribution in [0.15, 0.2) is 0 Å². The van der Waals surface area contributed by atoms with Gasteiger partial charge >= 0.3 is 0 Å². The Balaban J connectivity index is 0.000000342. The van der Waals surface area contributed by atoms with Gasteiger partial charge in [-0.05, 0) is 95.4 Å². The van der Waals surface area contributed by atoms with E-state index in [1.807, 2.05) is 0 Å². The minimum Gasteiger partial charge on any atom is -0.305 e. The lowest BCUT2D eigenvalue weighted by atomic mass is 10.3. The Hall–Kier alpha value is -0.320. The zero-order valence-corrected chi connectivity index (χ0v) is 24.3. The summed E-state index contributed by atoms with van der Waals surface area (Å²) in [4.78, 5) is 19.6. The van der Waals surface area contributed by atoms with Gasteiger partial charge < -0.3 is 39.2 Å². The first kappa shape index (κ1) is 31.7. The second kappa shape index (κ2) is 18.9. The average Bonchev–Trinajstić information content (AvgIpc) is 2.80. The Bertz CT molecular complexity index is 382. The van der Waals surface area contributed by atoms with Crippen LogP contribution >= 0.6 is 0 Å². The first-order valence-corrected chi connectivity index (χ1v) is 13.6. The molecule has 0 aromatic rings. The van der Waals surface area contributed by atoms with Gasteiger partial charge in [0.1, 0.15) is 0 Å². The molecule has 2 fully saturated rings. The third-order valence-corrected chi connectivity index (χ3v) is 7.34. The van der Waals surface area contributed by atoms with Gasteiger partial charge in [-0.15, -0.1) is 0 Å². The van der Waals surface area contributed by atoms with Gasteiger partial charge in [-0.2, -0.15) is 0 Å². The molecule has 0 aromatic heterocycles. The summed E-state index contributed by atoms with van der Waals surface area (Å²) in [6.45, 7) is 19.0. The van der Waals surface area contributed by atoms with Crippen LogP contribution in [0.4, 0.5) is 0 Å². The number of likely N-dealkylation sites (N-methyl/N-ethyl adjacent to an activating group) is 8. The van der Waals surface area contributed by atoms with E-state index in [1.54, 1.807) is 0 Å². The molecular weight excluding hydrogens is 424 g/mol. The summed E-state index contributed by atoms with van der Waals surface area (Å²) in [6.07, 6.45) is 2.56. The van der Waals surface area contributed by atoms with Crippen LogP contribution in [-0.4, -0.2) is 200 Å². The van der Waals surface area contributed by atoms with E-state index in [0.717, 1.165) is 0 Å². The average molecular weight is 485 g/mol. The Morgan fingerprint density at radius 1 is 0.206 bits per heavy atom. The summed E-state index contributed by atoms with van der Waals surface area (Å²) in [6, 6.07) is 0. The summed E-state index contributed by atoms with van der Waals surface area (Å²) in [5.41, 5.74) is 0. The van der Waals surface area contributed by atoms with Crippen LogP contribution in [0.2, 0.25) is 0 Å². The number of hydrogen-bond donors (Lipinski definition) is 0. The van der Waals surface area contributed by atoms with Gasteiger partial charge in [0.25, 0.3) is 0 Å². The van der Waals surface area contributed by atoms with E-state index in [2.05, 4.69) is 95.6 Å². The fourth-order valence-corrected chi connectivity index (χ4v) is 4.16. The second-order valence-corrected chi connectivity index (χ2v) is 11.1. The van der Waals surface area contributed by atoms with Crippen LogP contribution in [0.1, 0.15) is 12.8 Å². The Labute approximate surface area is 213 Å². The molecule has 34 heavy (non-hydrogen) atoms. The predicted octanol–water partition coefficient (Wildman–Crippen LogP) is 0.235. The van der Waals surface area contributed by atoms with Gasteiger partial charge in [0, 0.05) is 78.5 Å². The fraction of sp³-hybridized carbons (Fsp3) is 1.00. The topological polar surface area (TPSA) is 25.9 Å². The van der Waals surface area contributed by atoms with Crippen molar-refractivity contribution in [2.24, 2.45) is 0 Å². The molecule has 0 unspecified atom stereocenters. The smallest absolute Gasteiger partial charge is 0.0107 e. The molecule has 2 aliphatic heterocycles. The van der Waals surface area contributed by atoms with Crippen molar-refractivity contribution in [1.82, 2.24) is 39.2 Å². The summed E-state index contributed by atoms with van der Waals surface area (Å²) >= 11 is 0. The van der Waals surface area contributed by atoms with Crippen LogP contribution in [0.5, 0.6) is 0 Å². The van der Waals surface area contributed by atoms with Gasteiger partial charge in [-0.25, -0.2) is 0 Å². The maximum absolute atomic E-state index is 2.46. The van der Waals surface area contributed by atoms with Crippen molar-refractivity contribution >= 4 is 0 Å². The van der Waals surface area contributed by atoms with Gasteiger partial charge in [-0.1, -0.05) is 0 Å². The van der Waals surface area contributed by atoms with E-state index in [1.165, 1.54) is 118 Å². The standard InChI is InChI=1S/C14H32N4.C12H28N4/c1-15-7-5-8-17(3)13-14-18(4)10-6-9-16(2)12-11-15;1-13-5-7-14(2)9-11-16(4)12-10-15(3)8-6-13/h5-14H2,1-4H3;5-12H2,1-4H3. The number of hydrogen-bond acceptors (Lipinski definition) is 8. The molecule has 2 rings (SSSR count). The Morgan fingerprint density at radius 3 is 0.471 bits per heavy atom. The van der Waals surface area contributed by atoms with Crippen LogP contribution in [-0.2, 0) is 0 Å². The Morgan fingerprint density at radius 2 is 0.324 bits per heavy atom. The zero-order chi connectivity index (χ0) is 25.3. The molecule has 0 aliphatic carbocycles. The third kappa shape index (κ3) is 17.2. The van der Waals surface area contributed by atoms with Crippen molar-refractivity contribution < 1.29 is 0 Å². The van der Waals surface area contributed by atoms with Crippen LogP contribution in [0.3, 0.4) is 0 Å². The first-order chi connectivity index (χ1) is 16.2. The highest BCUT2D eigenvalue weighted by molar-refractivity contribution is 4.66. The first-order valence-electron chi connectivity index (χ1n) is 13.6. The summed E-state index contributed by atoms with van der Waals surface area (Å²) in [5.74, 6) is 0. The van der Waals surface area contributed by atoms with E-state index < -0.39 is 0 Å². The molecule has 0 radical (unpaired) electrons. The molecule has 0 aromatic carbocycles. The highest BCUT2D eigenvalue weighted by atomic mass is 15.2. The Kier molecular flexibility index (Phi) is 17.6. The molecule has 0 spiro atoms. The predicted molar refractivity (Wildman–Crippen MR) is 149 cm³/mol. The molecule has 0 atom stereocenters. The van der Waals surface area contributed by atoms with E-state index in [0.29, 0.717) is 0 Å². The van der Waals surface area contributed by atoms with Crippen molar-refractivity contribution in [3.05, 3.63) is 0 Å². The molecule has 0 bridgehead atoms. The van der Waals surface area contributed by atoms with Crippen LogP contribution in [0.25, 0.3) is 0 Å². The number of rotatable bonds is 0. The van der Waals surface area contributed by atoms with Crippen molar-refractivity contribution in [1.29, 1.82) is 0 Å². The maximum atomic E-state index is 2.46. The molecule has 0 saturated carbocycles. The molecule has 8 heteroatoms. The van der Waals surface area contributed by atoms with E-state index in [9.17, 15) is 0 Å². The molecule has 2 saturated heterocycles. The molecule has 204 valence electrons. The summed E-state index contributed by atoms with van der Waals surface area (Å²) in [7, 11) is 17.9. The minimum atomic E-state index is 1.17. The monoisotopic (exact) mass is 484 g/mol. The normalized spacial score (nSPS) is 26.1. The molecule has 0 amide bonds. The molecular formula is C26H60N8. The lowest BCUT2D eigenvalue weighted by molar-refractivity contribution is 0.181. The highest BCUT2D eigenvalue weighted by Crippen LogP contribution is 1.98. The number of nitrogens with zero attached hydrogens (tertiary/aromatic N) is 8. The third-order valence-electron chi connectivity index (χ3n) is 7.34. The molecule has 2 heterocycles. The van der Waals surface area contributed by atoms with Gasteiger partial charge in [0.05, 0.1) is 0 Å². The van der Waals surface area contributed by atoms with Crippen LogP contribution in [0, 0.1) is 0 Å². The van der Waals surface area contributed by atoms with Crippen molar-refractivity contribution in [2.45, 2.75) is 12.8 Å². The van der Waals surface area contributed by atoms with Crippen molar-refractivity contribution in [3.63, 3.8) is 0 Å². The molecule has 8 nitrogen and oxygen atoms in total. The SMILES string of the molecule is CN1CCCN(C)CCN(C)CCCN(C)CC1.CN1CCN(C)CCN(C)CCN(C)CC1. The van der Waals surface area contributed by atoms with Crippen molar-refractivity contribution in [2.75, 3.05) is 161 Å². The van der Waals surface area contributed by atoms with E-state index in [-0.39, 0.29) is 0 Å².